The molecule has 3 rings (SSSR count). The zero-order valence-electron chi connectivity index (χ0n) is 62.4. The summed E-state index contributed by atoms with van der Waals surface area (Å²) in [6.07, 6.45) is 56.8. The molecule has 3 saturated heterocycles. The van der Waals surface area contributed by atoms with Crippen LogP contribution in [0.15, 0.2) is 97.2 Å². The molecule has 3 aliphatic heterocycles. The Morgan fingerprint density at radius 3 is 1.11 bits per heavy atom. The number of allylic oxidation sites excluding steroid dienone is 15. The Bertz CT molecular complexity index is 2200. The predicted molar refractivity (Wildman–Crippen MR) is 401 cm³/mol. The van der Waals surface area contributed by atoms with Crippen molar-refractivity contribution >= 4 is 5.91 Å². The van der Waals surface area contributed by atoms with Crippen molar-refractivity contribution in [1.29, 1.82) is 0 Å². The number of carbonyl (C=O) groups excluding carboxylic acids is 1. The fraction of sp³-hybridized carbons (Fsp3) is 0.793. The maximum atomic E-state index is 13.5. The second kappa shape index (κ2) is 61.8. The summed E-state index contributed by atoms with van der Waals surface area (Å²) < 4.78 is 34.4. The maximum absolute atomic E-state index is 13.5. The van der Waals surface area contributed by atoms with E-state index in [4.69, 9.17) is 28.4 Å². The minimum Gasteiger partial charge on any atom is -0.394 e. The number of hydrogen-bond donors (Lipinski definition) is 12. The van der Waals surface area contributed by atoms with E-state index in [2.05, 4.69) is 104 Å². The molecule has 101 heavy (non-hydrogen) atoms. The van der Waals surface area contributed by atoms with Gasteiger partial charge in [0.2, 0.25) is 5.91 Å². The van der Waals surface area contributed by atoms with Crippen LogP contribution in [-0.2, 0) is 33.2 Å². The predicted octanol–water partition coefficient (Wildman–Crippen LogP) is 13.2. The molecule has 0 radical (unpaired) electrons. The van der Waals surface area contributed by atoms with E-state index in [0.29, 0.717) is 12.8 Å². The number of ether oxygens (including phenoxy) is 6. The zero-order chi connectivity index (χ0) is 73.2. The molecule has 17 atom stereocenters. The van der Waals surface area contributed by atoms with Gasteiger partial charge in [0.25, 0.3) is 0 Å². The second-order valence-corrected chi connectivity index (χ2v) is 28.1. The highest BCUT2D eigenvalue weighted by Gasteiger charge is 2.54. The van der Waals surface area contributed by atoms with E-state index in [0.717, 1.165) is 96.3 Å². The van der Waals surface area contributed by atoms with Gasteiger partial charge in [-0.05, 0) is 83.5 Å². The molecule has 3 heterocycles. The molecule has 0 aromatic carbocycles. The van der Waals surface area contributed by atoms with Gasteiger partial charge in [-0.25, -0.2) is 0 Å². The van der Waals surface area contributed by atoms with Gasteiger partial charge in [0, 0.05) is 6.42 Å². The lowest BCUT2D eigenvalue weighted by atomic mass is 9.96. The third-order valence-electron chi connectivity index (χ3n) is 19.4. The monoisotopic (exact) mass is 1430 g/mol. The summed E-state index contributed by atoms with van der Waals surface area (Å²) in [6, 6.07) is -1.01. The summed E-state index contributed by atoms with van der Waals surface area (Å²) in [5.74, 6) is -0.301. The highest BCUT2D eigenvalue weighted by molar-refractivity contribution is 5.76. The summed E-state index contributed by atoms with van der Waals surface area (Å²) >= 11 is 0. The second-order valence-electron chi connectivity index (χ2n) is 28.1. The van der Waals surface area contributed by atoms with E-state index in [1.807, 2.05) is 6.08 Å². The van der Waals surface area contributed by atoms with Gasteiger partial charge in [0.15, 0.2) is 18.9 Å². The van der Waals surface area contributed by atoms with Gasteiger partial charge >= 0.3 is 0 Å². The van der Waals surface area contributed by atoms with Gasteiger partial charge in [-0.3, -0.25) is 4.79 Å². The van der Waals surface area contributed by atoms with Gasteiger partial charge in [0.1, 0.15) is 73.2 Å². The van der Waals surface area contributed by atoms with Gasteiger partial charge < -0.3 is 89.9 Å². The Hall–Kier alpha value is -3.29. The molecule has 3 aliphatic rings. The van der Waals surface area contributed by atoms with E-state index >= 15 is 0 Å². The Morgan fingerprint density at radius 1 is 0.366 bits per heavy atom. The summed E-state index contributed by atoms with van der Waals surface area (Å²) in [6.45, 7) is 1.61. The minimum atomic E-state index is -1.99. The van der Waals surface area contributed by atoms with Crippen LogP contribution in [0.5, 0.6) is 0 Å². The van der Waals surface area contributed by atoms with E-state index in [9.17, 15) is 61.0 Å². The summed E-state index contributed by atoms with van der Waals surface area (Å²) in [5, 5.41) is 121. The molecular weight excluding hydrogens is 1290 g/mol. The molecule has 12 N–H and O–H groups in total. The Kier molecular flexibility index (Phi) is 56.3. The number of amides is 1. The Morgan fingerprint density at radius 2 is 0.693 bits per heavy atom. The number of unbranched alkanes of at least 4 members (excludes halogenated alkanes) is 32. The number of aliphatic hydroxyl groups is 11. The third kappa shape index (κ3) is 42.0. The van der Waals surface area contributed by atoms with Gasteiger partial charge in [0.05, 0.1) is 38.6 Å². The van der Waals surface area contributed by atoms with Crippen molar-refractivity contribution in [2.75, 3.05) is 26.4 Å². The first-order valence-electron chi connectivity index (χ1n) is 40.0. The highest BCUT2D eigenvalue weighted by atomic mass is 16.8. The van der Waals surface area contributed by atoms with Crippen LogP contribution >= 0.6 is 0 Å². The zero-order valence-corrected chi connectivity index (χ0v) is 62.4. The molecule has 0 aromatic rings. The molecule has 0 bridgehead atoms. The lowest BCUT2D eigenvalue weighted by Gasteiger charge is -2.48. The molecule has 0 aromatic heterocycles. The lowest BCUT2D eigenvalue weighted by Crippen LogP contribution is -2.66. The average molecular weight is 1430 g/mol. The topological polar surface area (TPSA) is 307 Å². The van der Waals surface area contributed by atoms with Crippen LogP contribution in [0.2, 0.25) is 0 Å². The first-order chi connectivity index (χ1) is 49.3. The molecule has 17 unspecified atom stereocenters. The number of rotatable bonds is 62. The van der Waals surface area contributed by atoms with Crippen LogP contribution in [0.25, 0.3) is 0 Å². The van der Waals surface area contributed by atoms with Crippen LogP contribution < -0.4 is 5.32 Å². The van der Waals surface area contributed by atoms with Crippen molar-refractivity contribution < 1.29 is 89.4 Å². The molecule has 19 nitrogen and oxygen atoms in total. The molecule has 584 valence electrons. The van der Waals surface area contributed by atoms with Crippen LogP contribution in [0.3, 0.4) is 0 Å². The van der Waals surface area contributed by atoms with Gasteiger partial charge in [-0.15, -0.1) is 0 Å². The van der Waals surface area contributed by atoms with E-state index < -0.39 is 124 Å². The van der Waals surface area contributed by atoms with Crippen molar-refractivity contribution in [2.24, 2.45) is 0 Å². The smallest absolute Gasteiger partial charge is 0.220 e. The van der Waals surface area contributed by atoms with Crippen LogP contribution in [0.1, 0.15) is 284 Å². The average Bonchev–Trinajstić information content (AvgIpc) is 0.782. The molecule has 0 saturated carbocycles. The van der Waals surface area contributed by atoms with E-state index in [1.54, 1.807) is 6.08 Å². The Labute approximate surface area is 609 Å². The largest absolute Gasteiger partial charge is 0.394 e. The van der Waals surface area contributed by atoms with Crippen molar-refractivity contribution in [2.45, 2.75) is 388 Å². The summed E-state index contributed by atoms with van der Waals surface area (Å²) in [7, 11) is 0. The van der Waals surface area contributed by atoms with Gasteiger partial charge in [-0.1, -0.05) is 291 Å². The minimum absolute atomic E-state index is 0.213. The maximum Gasteiger partial charge on any atom is 0.220 e. The summed E-state index contributed by atoms with van der Waals surface area (Å²) in [5.41, 5.74) is 0. The highest BCUT2D eigenvalue weighted by Crippen LogP contribution is 2.33. The summed E-state index contributed by atoms with van der Waals surface area (Å²) in [4.78, 5) is 13.5. The molecule has 3 fully saturated rings. The third-order valence-corrected chi connectivity index (χ3v) is 19.4. The molecule has 0 aliphatic carbocycles. The number of nitrogens with one attached hydrogen (secondary N) is 1. The standard InChI is InChI=1S/C82H143NO18/c1-3-5-7-9-11-13-15-17-19-21-23-25-27-29-30-31-32-33-34-36-37-39-41-43-45-47-49-51-53-55-57-59-66(87)65(83-70(88)60-58-56-54-52-50-48-46-44-42-40-38-35-28-26-24-22-20-18-16-14-12-10-8-6-4-2)64-96-80-76(94)73(91)78(68(62-85)98-80)101-82-77(95)74(92)79(69(63-86)99-82)100-81-75(93)72(90)71(89)67(61-84)97-81/h6,8,12,14,18,20,24,26,35,38,42,44,49,51,57,59,65-69,71-82,84-87,89-95H,3-5,7,9-11,13,15-17,19,21-23,25,27-34,36-37,39-41,43,45-48,50,52-56,58,60-64H2,1-2H3,(H,83,88)/b8-6-,14-12-,20-18-,26-24-,38-35-,44-42-,51-49+,59-57+. The van der Waals surface area contributed by atoms with Gasteiger partial charge in [-0.2, -0.15) is 0 Å². The molecule has 1 amide bonds. The van der Waals surface area contributed by atoms with E-state index in [1.165, 1.54) is 154 Å². The normalized spacial score (nSPS) is 26.8. The van der Waals surface area contributed by atoms with Crippen LogP contribution in [-0.4, -0.2) is 193 Å². The van der Waals surface area contributed by atoms with Crippen molar-refractivity contribution in [3.05, 3.63) is 97.2 Å². The fourth-order valence-electron chi connectivity index (χ4n) is 13.0. The van der Waals surface area contributed by atoms with Crippen LogP contribution in [0.4, 0.5) is 0 Å². The number of aliphatic hydroxyl groups excluding tert-OH is 11. The van der Waals surface area contributed by atoms with Crippen molar-refractivity contribution in [1.82, 2.24) is 5.32 Å². The first kappa shape index (κ1) is 91.9. The fourth-order valence-corrected chi connectivity index (χ4v) is 13.0. The number of hydrogen-bond acceptors (Lipinski definition) is 18. The van der Waals surface area contributed by atoms with E-state index in [-0.39, 0.29) is 18.9 Å². The SMILES string of the molecule is CC/C=C\C/C=C\C/C=C\C/C=C\C/C=C\C/C=C\CCCCCCCCC(=O)NC(COC1OC(CO)C(OC2OC(CO)C(OC3OC(CO)C(O)C(O)C3O)C(O)C2O)C(O)C1O)C(O)/C=C/CC/C=C/CCCCCCCCCCCCCCCCCCCCCCCCCCC. The van der Waals surface area contributed by atoms with Crippen LogP contribution in [0, 0.1) is 0 Å². The number of carbonyl (C=O) groups is 1. The quantitative estimate of drug-likeness (QED) is 0.0199. The lowest BCUT2D eigenvalue weighted by molar-refractivity contribution is -0.379. The first-order valence-corrected chi connectivity index (χ1v) is 40.0. The van der Waals surface area contributed by atoms with Crippen molar-refractivity contribution in [3.63, 3.8) is 0 Å². The molecule has 0 spiro atoms. The molecule has 19 heteroatoms. The van der Waals surface area contributed by atoms with Crippen molar-refractivity contribution in [3.8, 4) is 0 Å². The Balaban J connectivity index is 1.40. The molecular formula is C82H143NO18.